The lowest BCUT2D eigenvalue weighted by molar-refractivity contribution is 0.310. The summed E-state index contributed by atoms with van der Waals surface area (Å²) in [5.41, 5.74) is 3.16. The fourth-order valence-corrected chi connectivity index (χ4v) is 4.00. The maximum atomic E-state index is 9.13. The fraction of sp³-hybridized carbons (Fsp3) is 0.286. The zero-order chi connectivity index (χ0) is 17.2. The molecule has 0 bridgehead atoms. The molecule has 0 aliphatic carbocycles. The van der Waals surface area contributed by atoms with Crippen molar-refractivity contribution in [1.82, 2.24) is 9.47 Å². The molecule has 2 aromatic carbocycles. The van der Waals surface area contributed by atoms with Crippen molar-refractivity contribution < 1.29 is 0 Å². The number of nitriles is 1. The maximum Gasteiger partial charge on any atom is 0.0992 e. The summed E-state index contributed by atoms with van der Waals surface area (Å²) in [6, 6.07) is 18.4. The number of nitrogens with zero attached hydrogens (tertiary/aromatic N) is 3. The lowest BCUT2D eigenvalue weighted by atomic mass is 10.1. The molecule has 1 atom stereocenters. The van der Waals surface area contributed by atoms with Crippen LogP contribution in [-0.4, -0.2) is 22.6 Å². The van der Waals surface area contributed by atoms with Crippen molar-refractivity contribution in [2.45, 2.75) is 19.5 Å². The van der Waals surface area contributed by atoms with Gasteiger partial charge in [-0.25, -0.2) is 0 Å². The highest BCUT2D eigenvalue weighted by Crippen LogP contribution is 2.24. The number of benzene rings is 2. The lowest BCUT2D eigenvalue weighted by Gasteiger charge is -2.17. The van der Waals surface area contributed by atoms with E-state index in [2.05, 4.69) is 39.9 Å². The van der Waals surface area contributed by atoms with Gasteiger partial charge in [0, 0.05) is 36.4 Å². The van der Waals surface area contributed by atoms with Gasteiger partial charge in [0.25, 0.3) is 0 Å². The Hall–Kier alpha value is -2.28. The quantitative estimate of drug-likeness (QED) is 0.684. The van der Waals surface area contributed by atoms with E-state index in [9.17, 15) is 0 Å². The van der Waals surface area contributed by atoms with Crippen LogP contribution < -0.4 is 0 Å². The van der Waals surface area contributed by atoms with Crippen molar-refractivity contribution in [3.05, 3.63) is 70.9 Å². The van der Waals surface area contributed by atoms with Crippen LogP contribution in [-0.2, 0) is 13.1 Å². The Morgan fingerprint density at radius 1 is 1.16 bits per heavy atom. The first-order valence-electron chi connectivity index (χ1n) is 8.67. The molecule has 126 valence electrons. The van der Waals surface area contributed by atoms with E-state index in [1.165, 1.54) is 17.4 Å². The van der Waals surface area contributed by atoms with E-state index in [4.69, 9.17) is 16.9 Å². The monoisotopic (exact) mass is 349 g/mol. The van der Waals surface area contributed by atoms with Crippen LogP contribution >= 0.6 is 11.6 Å². The summed E-state index contributed by atoms with van der Waals surface area (Å²) in [4.78, 5) is 2.50. The normalized spacial score (nSPS) is 17.8. The minimum Gasteiger partial charge on any atom is -0.347 e. The van der Waals surface area contributed by atoms with Gasteiger partial charge in [-0.05, 0) is 60.2 Å². The number of hydrogen-bond donors (Lipinski definition) is 0. The van der Waals surface area contributed by atoms with Gasteiger partial charge >= 0.3 is 0 Å². The van der Waals surface area contributed by atoms with Gasteiger partial charge in [-0.1, -0.05) is 29.8 Å². The van der Waals surface area contributed by atoms with E-state index in [1.807, 2.05) is 30.3 Å². The molecular formula is C21H20ClN3. The van der Waals surface area contributed by atoms with E-state index < -0.39 is 0 Å². The van der Waals surface area contributed by atoms with Crippen LogP contribution in [0.5, 0.6) is 0 Å². The van der Waals surface area contributed by atoms with Gasteiger partial charge < -0.3 is 4.57 Å². The highest BCUT2D eigenvalue weighted by molar-refractivity contribution is 6.30. The van der Waals surface area contributed by atoms with Gasteiger partial charge in [0.15, 0.2) is 0 Å². The van der Waals surface area contributed by atoms with Crippen molar-refractivity contribution >= 4 is 22.5 Å². The van der Waals surface area contributed by atoms with E-state index >= 15 is 0 Å². The first-order valence-corrected chi connectivity index (χ1v) is 9.05. The first kappa shape index (κ1) is 16.2. The fourth-order valence-electron chi connectivity index (χ4n) is 3.79. The summed E-state index contributed by atoms with van der Waals surface area (Å²) in [5, 5.41) is 11.1. The van der Waals surface area contributed by atoms with Crippen molar-refractivity contribution in [3.8, 4) is 6.07 Å². The molecular weight excluding hydrogens is 330 g/mol. The summed E-state index contributed by atoms with van der Waals surface area (Å²) < 4.78 is 2.30. The predicted molar refractivity (Wildman–Crippen MR) is 101 cm³/mol. The highest BCUT2D eigenvalue weighted by atomic mass is 35.5. The van der Waals surface area contributed by atoms with Gasteiger partial charge in [-0.3, -0.25) is 4.90 Å². The second-order valence-electron chi connectivity index (χ2n) is 6.87. The van der Waals surface area contributed by atoms with Crippen molar-refractivity contribution in [1.29, 1.82) is 5.26 Å². The van der Waals surface area contributed by atoms with Crippen LogP contribution in [0.4, 0.5) is 0 Å². The Kier molecular flexibility index (Phi) is 4.48. The van der Waals surface area contributed by atoms with Gasteiger partial charge in [-0.2, -0.15) is 5.26 Å². The van der Waals surface area contributed by atoms with Crippen LogP contribution in [0.3, 0.4) is 0 Å². The molecule has 4 rings (SSSR count). The van der Waals surface area contributed by atoms with E-state index in [0.29, 0.717) is 5.92 Å². The lowest BCUT2D eigenvalue weighted by Crippen LogP contribution is -2.21. The minimum atomic E-state index is 0.639. The summed E-state index contributed by atoms with van der Waals surface area (Å²) in [6.45, 7) is 4.19. The molecule has 0 radical (unpaired) electrons. The zero-order valence-electron chi connectivity index (χ0n) is 14.0. The summed E-state index contributed by atoms with van der Waals surface area (Å²) in [5.74, 6) is 0.639. The van der Waals surface area contributed by atoms with Crippen LogP contribution in [0.2, 0.25) is 5.02 Å². The van der Waals surface area contributed by atoms with Gasteiger partial charge in [0.05, 0.1) is 11.6 Å². The van der Waals surface area contributed by atoms with Crippen LogP contribution in [0.15, 0.2) is 54.7 Å². The molecule has 0 N–H and O–H groups in total. The molecule has 3 nitrogen and oxygen atoms in total. The summed E-state index contributed by atoms with van der Waals surface area (Å²) in [6.07, 6.45) is 3.35. The molecule has 1 fully saturated rings. The maximum absolute atomic E-state index is 9.13. The van der Waals surface area contributed by atoms with Crippen LogP contribution in [0, 0.1) is 17.2 Å². The van der Waals surface area contributed by atoms with Crippen molar-refractivity contribution in [3.63, 3.8) is 0 Å². The Balaban J connectivity index is 1.43. The third kappa shape index (κ3) is 3.56. The number of fused-ring (bicyclic) bond motifs is 1. The average Bonchev–Trinajstić information content (AvgIpc) is 3.22. The van der Waals surface area contributed by atoms with Crippen LogP contribution in [0.1, 0.15) is 17.5 Å². The van der Waals surface area contributed by atoms with E-state index in [-0.39, 0.29) is 0 Å². The van der Waals surface area contributed by atoms with Crippen molar-refractivity contribution in [2.75, 3.05) is 13.1 Å². The van der Waals surface area contributed by atoms with Crippen molar-refractivity contribution in [2.24, 2.45) is 5.92 Å². The molecule has 1 aliphatic rings. The predicted octanol–water partition coefficient (Wildman–Crippen LogP) is 4.69. The second kappa shape index (κ2) is 6.92. The zero-order valence-corrected chi connectivity index (χ0v) is 14.8. The van der Waals surface area contributed by atoms with Crippen LogP contribution in [0.25, 0.3) is 10.9 Å². The second-order valence-corrected chi connectivity index (χ2v) is 7.31. The number of rotatable bonds is 4. The molecule has 0 amide bonds. The third-order valence-electron chi connectivity index (χ3n) is 5.02. The largest absolute Gasteiger partial charge is 0.347 e. The molecule has 1 aromatic heterocycles. The Labute approximate surface area is 153 Å². The summed E-state index contributed by atoms with van der Waals surface area (Å²) in [7, 11) is 0. The number of likely N-dealkylation sites (tertiary alicyclic amines) is 1. The topological polar surface area (TPSA) is 32.0 Å². The molecule has 1 saturated heterocycles. The average molecular weight is 350 g/mol. The molecule has 4 heteroatoms. The number of aromatic nitrogens is 1. The Bertz CT molecular complexity index is 938. The first-order chi connectivity index (χ1) is 12.2. The molecule has 0 spiro atoms. The molecule has 25 heavy (non-hydrogen) atoms. The van der Waals surface area contributed by atoms with Gasteiger partial charge in [0.1, 0.15) is 0 Å². The molecule has 0 saturated carbocycles. The Morgan fingerprint density at radius 3 is 2.92 bits per heavy atom. The standard InChI is InChI=1S/C21H20ClN3/c22-20-3-1-2-17(10-20)13-24-8-6-18(14-24)15-25-9-7-19-5-4-16(12-23)11-21(19)25/h1-5,7,9-11,18H,6,8,13-15H2. The molecule has 3 aromatic rings. The Morgan fingerprint density at radius 2 is 2.08 bits per heavy atom. The number of hydrogen-bond acceptors (Lipinski definition) is 2. The number of halogens is 1. The van der Waals surface area contributed by atoms with Gasteiger partial charge in [-0.15, -0.1) is 0 Å². The third-order valence-corrected chi connectivity index (χ3v) is 5.26. The molecule has 2 heterocycles. The van der Waals surface area contributed by atoms with E-state index in [1.54, 1.807) is 0 Å². The van der Waals surface area contributed by atoms with E-state index in [0.717, 1.165) is 42.3 Å². The van der Waals surface area contributed by atoms with Gasteiger partial charge in [0.2, 0.25) is 0 Å². The smallest absolute Gasteiger partial charge is 0.0992 e. The molecule has 1 aliphatic heterocycles. The molecule has 1 unspecified atom stereocenters. The summed E-state index contributed by atoms with van der Waals surface area (Å²) >= 11 is 6.09. The minimum absolute atomic E-state index is 0.639. The highest BCUT2D eigenvalue weighted by Gasteiger charge is 2.23. The SMILES string of the molecule is N#Cc1ccc2ccn(CC3CCN(Cc4cccc(Cl)c4)C3)c2c1.